The van der Waals surface area contributed by atoms with Crippen LogP contribution in [0.2, 0.25) is 0 Å². The highest BCUT2D eigenvalue weighted by Crippen LogP contribution is 2.21. The lowest BCUT2D eigenvalue weighted by Gasteiger charge is -1.97. The Morgan fingerprint density at radius 2 is 2.29 bits per heavy atom. The molecule has 0 fully saturated rings. The fourth-order valence-electron chi connectivity index (χ4n) is 1.61. The van der Waals surface area contributed by atoms with Crippen molar-refractivity contribution in [1.82, 2.24) is 9.97 Å². The smallest absolute Gasteiger partial charge is 0.0966 e. The van der Waals surface area contributed by atoms with Gasteiger partial charge in [-0.15, -0.1) is 11.8 Å². The van der Waals surface area contributed by atoms with Crippen LogP contribution in [0.5, 0.6) is 0 Å². The fourth-order valence-corrected chi connectivity index (χ4v) is 2.00. The molecule has 0 bridgehead atoms. The summed E-state index contributed by atoms with van der Waals surface area (Å²) in [5.41, 5.74) is 3.61. The van der Waals surface area contributed by atoms with Crippen LogP contribution in [0.4, 0.5) is 0 Å². The lowest BCUT2D eigenvalue weighted by molar-refractivity contribution is 0.924. The van der Waals surface area contributed by atoms with E-state index in [-0.39, 0.29) is 0 Å². The van der Waals surface area contributed by atoms with E-state index in [0.29, 0.717) is 0 Å². The zero-order chi connectivity index (χ0) is 9.97. The minimum atomic E-state index is 1.09. The fraction of sp³-hybridized carbons (Fsp3) is 0.364. The summed E-state index contributed by atoms with van der Waals surface area (Å²) in [4.78, 5) is 7.86. The number of hydrogen-bond donors (Lipinski definition) is 1. The molecule has 0 radical (unpaired) electrons. The van der Waals surface area contributed by atoms with Crippen LogP contribution in [0.15, 0.2) is 23.4 Å². The maximum Gasteiger partial charge on any atom is 0.0966 e. The van der Waals surface area contributed by atoms with Crippen LogP contribution in [0.3, 0.4) is 0 Å². The number of aromatic nitrogens is 2. The summed E-state index contributed by atoms with van der Waals surface area (Å²) in [6, 6.07) is 4.16. The molecular weight excluding hydrogens is 192 g/mol. The Balaban J connectivity index is 2.52. The van der Waals surface area contributed by atoms with Crippen molar-refractivity contribution in [2.75, 3.05) is 6.26 Å². The summed E-state index contributed by atoms with van der Waals surface area (Å²) in [7, 11) is 0. The number of hydrogen-bond acceptors (Lipinski definition) is 2. The highest BCUT2D eigenvalue weighted by molar-refractivity contribution is 7.98. The molecule has 2 nitrogen and oxygen atoms in total. The molecule has 2 aromatic heterocycles. The predicted octanol–water partition coefficient (Wildman–Crippen LogP) is 3.24. The van der Waals surface area contributed by atoms with E-state index in [1.165, 1.54) is 5.56 Å². The van der Waals surface area contributed by atoms with Gasteiger partial charge in [0.25, 0.3) is 0 Å². The van der Waals surface area contributed by atoms with E-state index in [1.54, 1.807) is 11.8 Å². The van der Waals surface area contributed by atoms with Gasteiger partial charge in [-0.25, -0.2) is 4.98 Å². The van der Waals surface area contributed by atoms with Crippen LogP contribution in [-0.2, 0) is 6.42 Å². The number of nitrogens with zero attached hydrogens (tertiary/aromatic N) is 1. The second-order valence-electron chi connectivity index (χ2n) is 3.31. The first-order valence-corrected chi connectivity index (χ1v) is 6.08. The molecule has 2 aromatic rings. The average molecular weight is 206 g/mol. The van der Waals surface area contributed by atoms with Crippen LogP contribution >= 0.6 is 11.8 Å². The van der Waals surface area contributed by atoms with Crippen LogP contribution in [0.1, 0.15) is 18.9 Å². The van der Waals surface area contributed by atoms with Crippen molar-refractivity contribution in [2.24, 2.45) is 0 Å². The molecule has 2 rings (SSSR count). The number of aryl methyl sites for hydroxylation is 1. The van der Waals surface area contributed by atoms with Crippen LogP contribution in [-0.4, -0.2) is 16.2 Å². The minimum Gasteiger partial charge on any atom is -0.360 e. The summed E-state index contributed by atoms with van der Waals surface area (Å²) in [6.07, 6.45) is 6.40. The van der Waals surface area contributed by atoms with Gasteiger partial charge < -0.3 is 4.98 Å². The molecule has 0 spiro atoms. The third kappa shape index (κ3) is 1.64. The molecule has 0 aliphatic carbocycles. The number of fused-ring (bicyclic) bond motifs is 1. The Morgan fingerprint density at radius 3 is 3.00 bits per heavy atom. The molecule has 0 atom stereocenters. The second kappa shape index (κ2) is 4.05. The normalized spacial score (nSPS) is 11.0. The molecule has 1 N–H and O–H groups in total. The van der Waals surface area contributed by atoms with Crippen LogP contribution in [0.25, 0.3) is 11.0 Å². The third-order valence-corrected chi connectivity index (χ3v) is 2.95. The Labute approximate surface area is 88.1 Å². The number of thioether (sulfide) groups is 1. The van der Waals surface area contributed by atoms with Crippen molar-refractivity contribution in [3.05, 3.63) is 23.9 Å². The first-order chi connectivity index (χ1) is 6.85. The standard InChI is InChI=1S/C11H14N2S/c1-3-4-8-7-12-9-5-6-10(14-2)13-11(8)9/h5-7,12H,3-4H2,1-2H3. The van der Waals surface area contributed by atoms with Gasteiger partial charge in [0.2, 0.25) is 0 Å². The molecule has 0 aliphatic heterocycles. The topological polar surface area (TPSA) is 28.7 Å². The summed E-state index contributed by atoms with van der Waals surface area (Å²) >= 11 is 1.69. The van der Waals surface area contributed by atoms with E-state index in [9.17, 15) is 0 Å². The molecule has 2 heterocycles. The van der Waals surface area contributed by atoms with E-state index < -0.39 is 0 Å². The van der Waals surface area contributed by atoms with Crippen molar-refractivity contribution in [2.45, 2.75) is 24.8 Å². The van der Waals surface area contributed by atoms with Crippen molar-refractivity contribution in [1.29, 1.82) is 0 Å². The Hall–Kier alpha value is -0.960. The van der Waals surface area contributed by atoms with Gasteiger partial charge in [-0.1, -0.05) is 13.3 Å². The molecule has 14 heavy (non-hydrogen) atoms. The number of aromatic amines is 1. The lowest BCUT2D eigenvalue weighted by Crippen LogP contribution is -1.84. The monoisotopic (exact) mass is 206 g/mol. The Bertz CT molecular complexity index is 434. The quantitative estimate of drug-likeness (QED) is 0.781. The molecule has 3 heteroatoms. The van der Waals surface area contributed by atoms with Gasteiger partial charge in [0, 0.05) is 6.20 Å². The third-order valence-electron chi connectivity index (χ3n) is 2.30. The van der Waals surface area contributed by atoms with Gasteiger partial charge in [0.15, 0.2) is 0 Å². The van der Waals surface area contributed by atoms with E-state index in [4.69, 9.17) is 0 Å². The van der Waals surface area contributed by atoms with Gasteiger partial charge in [-0.3, -0.25) is 0 Å². The summed E-state index contributed by atoms with van der Waals surface area (Å²) in [5, 5.41) is 1.09. The van der Waals surface area contributed by atoms with Gasteiger partial charge in [-0.2, -0.15) is 0 Å². The number of H-pyrrole nitrogens is 1. The second-order valence-corrected chi connectivity index (χ2v) is 4.14. The maximum absolute atomic E-state index is 4.60. The SMILES string of the molecule is CCCc1c[nH]c2ccc(SC)nc12. The molecule has 0 unspecified atom stereocenters. The minimum absolute atomic E-state index is 1.09. The molecule has 0 saturated heterocycles. The van der Waals surface area contributed by atoms with Crippen molar-refractivity contribution in [3.8, 4) is 0 Å². The van der Waals surface area contributed by atoms with Gasteiger partial charge in [-0.05, 0) is 30.4 Å². The summed E-state index contributed by atoms with van der Waals surface area (Å²) in [6.45, 7) is 2.19. The van der Waals surface area contributed by atoms with E-state index in [0.717, 1.165) is 28.9 Å². The van der Waals surface area contributed by atoms with E-state index in [2.05, 4.69) is 41.5 Å². The van der Waals surface area contributed by atoms with E-state index >= 15 is 0 Å². The van der Waals surface area contributed by atoms with Crippen LogP contribution in [0, 0.1) is 0 Å². The van der Waals surface area contributed by atoms with Crippen molar-refractivity contribution in [3.63, 3.8) is 0 Å². The Kier molecular flexibility index (Phi) is 2.77. The number of nitrogens with one attached hydrogen (secondary N) is 1. The average Bonchev–Trinajstić information content (AvgIpc) is 2.61. The molecule has 0 aromatic carbocycles. The molecule has 0 saturated carbocycles. The lowest BCUT2D eigenvalue weighted by atomic mass is 10.2. The first-order valence-electron chi connectivity index (χ1n) is 4.86. The highest BCUT2D eigenvalue weighted by atomic mass is 32.2. The van der Waals surface area contributed by atoms with Crippen molar-refractivity contribution >= 4 is 22.8 Å². The molecule has 74 valence electrons. The summed E-state index contributed by atoms with van der Waals surface area (Å²) in [5.74, 6) is 0. The molecular formula is C11H14N2S. The Morgan fingerprint density at radius 1 is 1.43 bits per heavy atom. The van der Waals surface area contributed by atoms with E-state index in [1.807, 2.05) is 0 Å². The predicted molar refractivity (Wildman–Crippen MR) is 61.9 cm³/mol. The number of pyridine rings is 1. The largest absolute Gasteiger partial charge is 0.360 e. The number of rotatable bonds is 3. The van der Waals surface area contributed by atoms with Crippen LogP contribution < -0.4 is 0 Å². The zero-order valence-corrected chi connectivity index (χ0v) is 9.32. The zero-order valence-electron chi connectivity index (χ0n) is 8.50. The molecule has 0 amide bonds. The van der Waals surface area contributed by atoms with Gasteiger partial charge in [0.1, 0.15) is 0 Å². The first kappa shape index (κ1) is 9.59. The maximum atomic E-state index is 4.60. The van der Waals surface area contributed by atoms with Gasteiger partial charge >= 0.3 is 0 Å². The summed E-state index contributed by atoms with van der Waals surface area (Å²) < 4.78 is 0. The molecule has 0 aliphatic rings. The van der Waals surface area contributed by atoms with Crippen molar-refractivity contribution < 1.29 is 0 Å². The van der Waals surface area contributed by atoms with Gasteiger partial charge in [0.05, 0.1) is 16.1 Å². The highest BCUT2D eigenvalue weighted by Gasteiger charge is 2.04.